The fraction of sp³-hybridized carbons (Fsp3) is 0.579. The van der Waals surface area contributed by atoms with Gasteiger partial charge in [0.05, 0.1) is 12.3 Å². The zero-order valence-electron chi connectivity index (χ0n) is 14.2. The van der Waals surface area contributed by atoms with E-state index in [1.807, 2.05) is 20.8 Å². The van der Waals surface area contributed by atoms with Gasteiger partial charge in [-0.05, 0) is 44.1 Å². The smallest absolute Gasteiger partial charge is 0.315 e. The third kappa shape index (κ3) is 2.94. The molecule has 0 saturated heterocycles. The molecule has 120 valence electrons. The molecule has 1 saturated carbocycles. The van der Waals surface area contributed by atoms with Crippen LogP contribution in [0.2, 0.25) is 0 Å². The average molecular weight is 302 g/mol. The van der Waals surface area contributed by atoms with Crippen molar-refractivity contribution in [2.45, 2.75) is 47.5 Å². The van der Waals surface area contributed by atoms with Crippen molar-refractivity contribution in [3.05, 3.63) is 35.6 Å². The largest absolute Gasteiger partial charge is 0.430 e. The number of allylic oxidation sites excluding steroid dienone is 5. The molecule has 0 aromatic heterocycles. The maximum Gasteiger partial charge on any atom is 0.315 e. The van der Waals surface area contributed by atoms with Gasteiger partial charge in [0.2, 0.25) is 0 Å². The van der Waals surface area contributed by atoms with Crippen LogP contribution >= 0.6 is 0 Å². The van der Waals surface area contributed by atoms with Crippen LogP contribution in [0.25, 0.3) is 0 Å². The molecule has 0 aliphatic heterocycles. The van der Waals surface area contributed by atoms with Crippen molar-refractivity contribution in [2.24, 2.45) is 23.2 Å². The van der Waals surface area contributed by atoms with Gasteiger partial charge in [-0.2, -0.15) is 0 Å². The van der Waals surface area contributed by atoms with Crippen molar-refractivity contribution >= 4 is 11.8 Å². The molecule has 0 radical (unpaired) electrons. The number of ketones is 1. The van der Waals surface area contributed by atoms with Crippen LogP contribution in [0.1, 0.15) is 47.5 Å². The highest BCUT2D eigenvalue weighted by atomic mass is 16.5. The molecule has 0 N–H and O–H groups in total. The highest BCUT2D eigenvalue weighted by Gasteiger charge is 2.61. The number of Topliss-reactive ketones (excluding diaryl/α,β-unsaturated/α-hetero) is 1. The van der Waals surface area contributed by atoms with Gasteiger partial charge in [0.15, 0.2) is 0 Å². The Balaban J connectivity index is 2.09. The van der Waals surface area contributed by atoms with E-state index in [9.17, 15) is 9.59 Å². The standard InChI is InChI=1S/C19H26O3/c1-7-8-13-12(4)16(10-15(13)20)22-18(21)17-14(9-11(2)3)19(17,5)6/h7,9,13-14,17H,1,8,10H2,2-6H3/t13?,14-,17-/m1/s1. The summed E-state index contributed by atoms with van der Waals surface area (Å²) in [6.45, 7) is 13.8. The minimum atomic E-state index is -0.200. The second-order valence-electron chi connectivity index (χ2n) is 7.32. The molecule has 22 heavy (non-hydrogen) atoms. The molecule has 3 nitrogen and oxygen atoms in total. The Bertz CT molecular complexity index is 573. The predicted octanol–water partition coefficient (Wildman–Crippen LogP) is 4.21. The van der Waals surface area contributed by atoms with Crippen molar-refractivity contribution in [1.29, 1.82) is 0 Å². The first-order valence-corrected chi connectivity index (χ1v) is 7.90. The fourth-order valence-corrected chi connectivity index (χ4v) is 3.43. The van der Waals surface area contributed by atoms with E-state index in [-0.39, 0.29) is 41.3 Å². The lowest BCUT2D eigenvalue weighted by Crippen LogP contribution is -2.10. The summed E-state index contributed by atoms with van der Waals surface area (Å²) in [5.41, 5.74) is 2.03. The van der Waals surface area contributed by atoms with Crippen molar-refractivity contribution < 1.29 is 14.3 Å². The lowest BCUT2D eigenvalue weighted by atomic mass is 9.98. The maximum absolute atomic E-state index is 12.5. The van der Waals surface area contributed by atoms with Crippen molar-refractivity contribution in [2.75, 3.05) is 0 Å². The molecule has 3 heteroatoms. The first-order valence-electron chi connectivity index (χ1n) is 7.90. The average Bonchev–Trinajstić information content (AvgIpc) is 2.83. The molecule has 0 amide bonds. The second kappa shape index (κ2) is 5.86. The third-order valence-corrected chi connectivity index (χ3v) is 4.99. The van der Waals surface area contributed by atoms with E-state index in [0.717, 1.165) is 5.57 Å². The number of hydrogen-bond donors (Lipinski definition) is 0. The molecule has 0 spiro atoms. The number of rotatable bonds is 5. The van der Waals surface area contributed by atoms with E-state index in [1.54, 1.807) is 6.08 Å². The third-order valence-electron chi connectivity index (χ3n) is 4.99. The van der Waals surface area contributed by atoms with Gasteiger partial charge in [0, 0.05) is 5.92 Å². The summed E-state index contributed by atoms with van der Waals surface area (Å²) >= 11 is 0. The van der Waals surface area contributed by atoms with Gasteiger partial charge in [-0.15, -0.1) is 6.58 Å². The van der Waals surface area contributed by atoms with E-state index in [1.165, 1.54) is 5.57 Å². The van der Waals surface area contributed by atoms with Gasteiger partial charge in [-0.1, -0.05) is 31.6 Å². The molecule has 0 heterocycles. The lowest BCUT2D eigenvalue weighted by Gasteiger charge is -2.08. The molecule has 3 atom stereocenters. The van der Waals surface area contributed by atoms with Gasteiger partial charge in [0.25, 0.3) is 0 Å². The molecule has 0 aromatic carbocycles. The number of esters is 1. The summed E-state index contributed by atoms with van der Waals surface area (Å²) in [5.74, 6) is 0.426. The van der Waals surface area contributed by atoms with Crippen LogP contribution in [0.5, 0.6) is 0 Å². The molecule has 0 aromatic rings. The summed E-state index contributed by atoms with van der Waals surface area (Å²) < 4.78 is 5.60. The van der Waals surface area contributed by atoms with E-state index in [2.05, 4.69) is 26.5 Å². The molecular weight excluding hydrogens is 276 g/mol. The number of ether oxygens (including phenoxy) is 1. The normalized spacial score (nSPS) is 29.3. The van der Waals surface area contributed by atoms with Gasteiger partial charge < -0.3 is 4.74 Å². The van der Waals surface area contributed by atoms with Gasteiger partial charge >= 0.3 is 5.97 Å². The zero-order chi connectivity index (χ0) is 16.7. The zero-order valence-corrected chi connectivity index (χ0v) is 14.2. The molecule has 2 aliphatic rings. The monoisotopic (exact) mass is 302 g/mol. The van der Waals surface area contributed by atoms with Crippen molar-refractivity contribution in [1.82, 2.24) is 0 Å². The number of carbonyl (C=O) groups is 2. The molecular formula is C19H26O3. The molecule has 0 bridgehead atoms. The fourth-order valence-electron chi connectivity index (χ4n) is 3.43. The Morgan fingerprint density at radius 3 is 2.59 bits per heavy atom. The Morgan fingerprint density at radius 1 is 1.41 bits per heavy atom. The maximum atomic E-state index is 12.5. The van der Waals surface area contributed by atoms with Crippen LogP contribution in [0.4, 0.5) is 0 Å². The highest BCUT2D eigenvalue weighted by Crippen LogP contribution is 2.60. The summed E-state index contributed by atoms with van der Waals surface area (Å²) in [4.78, 5) is 24.5. The Kier molecular flexibility index (Phi) is 4.46. The number of hydrogen-bond acceptors (Lipinski definition) is 3. The van der Waals surface area contributed by atoms with E-state index >= 15 is 0 Å². The van der Waals surface area contributed by atoms with Crippen LogP contribution in [0.3, 0.4) is 0 Å². The summed E-state index contributed by atoms with van der Waals surface area (Å²) in [7, 11) is 0. The summed E-state index contributed by atoms with van der Waals surface area (Å²) in [5, 5.41) is 0. The van der Waals surface area contributed by atoms with Crippen LogP contribution in [0.15, 0.2) is 35.6 Å². The summed E-state index contributed by atoms with van der Waals surface area (Å²) in [6.07, 6.45) is 4.73. The van der Waals surface area contributed by atoms with Crippen LogP contribution in [0, 0.1) is 23.2 Å². The second-order valence-corrected chi connectivity index (χ2v) is 7.32. The predicted molar refractivity (Wildman–Crippen MR) is 86.9 cm³/mol. The molecule has 1 fully saturated rings. The minimum absolute atomic E-state index is 0.0635. The first-order chi connectivity index (χ1) is 10.2. The van der Waals surface area contributed by atoms with Crippen LogP contribution in [-0.4, -0.2) is 11.8 Å². The quantitative estimate of drug-likeness (QED) is 0.564. The first kappa shape index (κ1) is 16.7. The lowest BCUT2D eigenvalue weighted by molar-refractivity contribution is -0.142. The molecule has 2 rings (SSSR count). The molecule has 2 aliphatic carbocycles. The highest BCUT2D eigenvalue weighted by molar-refractivity contribution is 5.90. The van der Waals surface area contributed by atoms with Crippen molar-refractivity contribution in [3.63, 3.8) is 0 Å². The van der Waals surface area contributed by atoms with Crippen LogP contribution in [-0.2, 0) is 14.3 Å². The van der Waals surface area contributed by atoms with E-state index in [0.29, 0.717) is 12.2 Å². The number of carbonyl (C=O) groups excluding carboxylic acids is 2. The molecule has 1 unspecified atom stereocenters. The summed E-state index contributed by atoms with van der Waals surface area (Å²) in [6, 6.07) is 0. The van der Waals surface area contributed by atoms with Crippen molar-refractivity contribution in [3.8, 4) is 0 Å². The SMILES string of the molecule is C=CCC1C(=O)CC(OC(=O)[C@H]2[C@@H](C=C(C)C)C2(C)C)=C1C. The van der Waals surface area contributed by atoms with Crippen LogP contribution < -0.4 is 0 Å². The van der Waals surface area contributed by atoms with Gasteiger partial charge in [0.1, 0.15) is 11.5 Å². The van der Waals surface area contributed by atoms with Gasteiger partial charge in [-0.3, -0.25) is 9.59 Å². The van der Waals surface area contributed by atoms with E-state index in [4.69, 9.17) is 4.74 Å². The Morgan fingerprint density at radius 2 is 2.05 bits per heavy atom. The topological polar surface area (TPSA) is 43.4 Å². The minimum Gasteiger partial charge on any atom is -0.430 e. The Hall–Kier alpha value is -1.64. The Labute approximate surface area is 133 Å². The van der Waals surface area contributed by atoms with Gasteiger partial charge in [-0.25, -0.2) is 0 Å². The van der Waals surface area contributed by atoms with E-state index < -0.39 is 0 Å².